The van der Waals surface area contributed by atoms with Crippen molar-refractivity contribution >= 4 is 23.4 Å². The number of hydrogen-bond donors (Lipinski definition) is 3. The van der Waals surface area contributed by atoms with Gasteiger partial charge in [0.1, 0.15) is 5.75 Å². The number of hydrogen-bond acceptors (Lipinski definition) is 6. The van der Waals surface area contributed by atoms with E-state index in [0.29, 0.717) is 10.5 Å². The Hall–Kier alpha value is -2.58. The number of non-ortho nitro benzene ring substituents is 1. The van der Waals surface area contributed by atoms with Crippen molar-refractivity contribution in [3.05, 3.63) is 57.6 Å². The van der Waals surface area contributed by atoms with Crippen LogP contribution < -0.4 is 0 Å². The molecule has 0 aromatic heterocycles. The fourth-order valence-electron chi connectivity index (χ4n) is 1.73. The standard InChI is InChI=1S/C14H11NO6S/c16-7-9-1-3-10(15(20)21)6-12(9)22-13-5-8(14(18)19)2-4-11(13)17/h1-6,16-17H,7H2,(H,18,19). The molecule has 0 saturated heterocycles. The third kappa shape index (κ3) is 3.35. The van der Waals surface area contributed by atoms with Crippen molar-refractivity contribution < 1.29 is 25.0 Å². The highest BCUT2D eigenvalue weighted by molar-refractivity contribution is 7.99. The highest BCUT2D eigenvalue weighted by Gasteiger charge is 2.15. The number of aromatic hydroxyl groups is 1. The van der Waals surface area contributed by atoms with E-state index in [4.69, 9.17) is 5.11 Å². The maximum absolute atomic E-state index is 11.0. The molecule has 0 bridgehead atoms. The van der Waals surface area contributed by atoms with Crippen LogP contribution in [-0.4, -0.2) is 26.2 Å². The van der Waals surface area contributed by atoms with Gasteiger partial charge in [-0.1, -0.05) is 11.8 Å². The SMILES string of the molecule is O=C(O)c1ccc(O)c(Sc2cc([N+](=O)[O-])ccc2CO)c1. The molecule has 2 aromatic rings. The second-order valence-corrected chi connectivity index (χ2v) is 5.38. The monoisotopic (exact) mass is 321 g/mol. The van der Waals surface area contributed by atoms with Crippen molar-refractivity contribution in [2.24, 2.45) is 0 Å². The third-order valence-corrected chi connectivity index (χ3v) is 4.01. The van der Waals surface area contributed by atoms with E-state index in [1.807, 2.05) is 0 Å². The highest BCUT2D eigenvalue weighted by Crippen LogP contribution is 2.38. The smallest absolute Gasteiger partial charge is 0.335 e. The molecule has 0 atom stereocenters. The first-order valence-electron chi connectivity index (χ1n) is 6.04. The van der Waals surface area contributed by atoms with Crippen LogP contribution in [0.15, 0.2) is 46.2 Å². The molecule has 114 valence electrons. The number of aliphatic hydroxyl groups excluding tert-OH is 1. The fourth-order valence-corrected chi connectivity index (χ4v) is 2.77. The Balaban J connectivity index is 2.45. The Kier molecular flexibility index (Phi) is 4.64. The first-order chi connectivity index (χ1) is 10.4. The van der Waals surface area contributed by atoms with Crippen molar-refractivity contribution in [1.29, 1.82) is 0 Å². The van der Waals surface area contributed by atoms with Gasteiger partial charge < -0.3 is 15.3 Å². The third-order valence-electron chi connectivity index (χ3n) is 2.86. The van der Waals surface area contributed by atoms with Gasteiger partial charge in [0.25, 0.3) is 5.69 Å². The molecule has 22 heavy (non-hydrogen) atoms. The number of phenolic OH excluding ortho intramolecular Hbond substituents is 1. The van der Waals surface area contributed by atoms with Crippen LogP contribution in [0.3, 0.4) is 0 Å². The summed E-state index contributed by atoms with van der Waals surface area (Å²) in [6.45, 7) is -0.334. The zero-order chi connectivity index (χ0) is 16.3. The predicted molar refractivity (Wildman–Crippen MR) is 78.2 cm³/mol. The molecule has 8 heteroatoms. The largest absolute Gasteiger partial charge is 0.507 e. The van der Waals surface area contributed by atoms with Crippen LogP contribution in [0.5, 0.6) is 5.75 Å². The summed E-state index contributed by atoms with van der Waals surface area (Å²) in [5.74, 6) is -1.30. The summed E-state index contributed by atoms with van der Waals surface area (Å²) in [6, 6.07) is 7.71. The minimum Gasteiger partial charge on any atom is -0.507 e. The van der Waals surface area contributed by atoms with E-state index < -0.39 is 10.9 Å². The van der Waals surface area contributed by atoms with Crippen LogP contribution in [0.4, 0.5) is 5.69 Å². The number of aromatic carboxylic acids is 1. The van der Waals surface area contributed by atoms with Gasteiger partial charge in [0.2, 0.25) is 0 Å². The Morgan fingerprint density at radius 3 is 2.50 bits per heavy atom. The van der Waals surface area contributed by atoms with Crippen LogP contribution in [0.25, 0.3) is 0 Å². The quantitative estimate of drug-likeness (QED) is 0.571. The van der Waals surface area contributed by atoms with E-state index in [1.165, 1.54) is 36.4 Å². The van der Waals surface area contributed by atoms with Crippen molar-refractivity contribution in [3.63, 3.8) is 0 Å². The first kappa shape index (κ1) is 15.8. The summed E-state index contributed by atoms with van der Waals surface area (Å²) in [7, 11) is 0. The number of nitro groups is 1. The van der Waals surface area contributed by atoms with Crippen LogP contribution in [0, 0.1) is 10.1 Å². The molecule has 0 amide bonds. The van der Waals surface area contributed by atoms with Crippen LogP contribution in [0.2, 0.25) is 0 Å². The summed E-state index contributed by atoms with van der Waals surface area (Å²) in [4.78, 5) is 21.8. The molecule has 0 aliphatic carbocycles. The Bertz CT molecular complexity index is 746. The van der Waals surface area contributed by atoms with E-state index in [-0.39, 0.29) is 28.5 Å². The average Bonchev–Trinajstić information content (AvgIpc) is 2.49. The lowest BCUT2D eigenvalue weighted by Gasteiger charge is -2.09. The average molecular weight is 321 g/mol. The summed E-state index contributed by atoms with van der Waals surface area (Å²) in [5.41, 5.74) is 0.264. The van der Waals surface area contributed by atoms with Crippen LogP contribution in [-0.2, 0) is 6.61 Å². The molecular formula is C14H11NO6S. The summed E-state index contributed by atoms with van der Waals surface area (Å²) < 4.78 is 0. The minimum atomic E-state index is -1.15. The van der Waals surface area contributed by atoms with Gasteiger partial charge in [0, 0.05) is 17.0 Å². The van der Waals surface area contributed by atoms with Crippen molar-refractivity contribution in [3.8, 4) is 5.75 Å². The van der Waals surface area contributed by atoms with Crippen LogP contribution >= 0.6 is 11.8 Å². The second-order valence-electron chi connectivity index (χ2n) is 4.30. The van der Waals surface area contributed by atoms with E-state index in [2.05, 4.69) is 0 Å². The number of nitrogens with zero attached hydrogens (tertiary/aromatic N) is 1. The first-order valence-corrected chi connectivity index (χ1v) is 6.86. The van der Waals surface area contributed by atoms with Gasteiger partial charge in [-0.15, -0.1) is 0 Å². The molecule has 0 unspecified atom stereocenters. The maximum atomic E-state index is 11.0. The van der Waals surface area contributed by atoms with Gasteiger partial charge in [-0.05, 0) is 29.8 Å². The zero-order valence-corrected chi connectivity index (χ0v) is 11.9. The number of carboxylic acids is 1. The molecule has 0 aliphatic heterocycles. The molecule has 0 aliphatic rings. The van der Waals surface area contributed by atoms with E-state index in [1.54, 1.807) is 0 Å². The Labute approximate surface area is 129 Å². The molecular weight excluding hydrogens is 310 g/mol. The van der Waals surface area contributed by atoms with Crippen molar-refractivity contribution in [2.45, 2.75) is 16.4 Å². The fraction of sp³-hybridized carbons (Fsp3) is 0.0714. The molecule has 0 saturated carbocycles. The summed E-state index contributed by atoms with van der Waals surface area (Å²) >= 11 is 0.951. The number of phenols is 1. The molecule has 0 spiro atoms. The van der Waals surface area contributed by atoms with Crippen LogP contribution in [0.1, 0.15) is 15.9 Å². The molecule has 0 fully saturated rings. The normalized spacial score (nSPS) is 10.4. The van der Waals surface area contributed by atoms with E-state index in [0.717, 1.165) is 11.8 Å². The molecule has 0 heterocycles. The van der Waals surface area contributed by atoms with Crippen molar-refractivity contribution in [2.75, 3.05) is 0 Å². The van der Waals surface area contributed by atoms with Gasteiger partial charge >= 0.3 is 5.97 Å². The molecule has 3 N–H and O–H groups in total. The van der Waals surface area contributed by atoms with Gasteiger partial charge in [-0.2, -0.15) is 0 Å². The zero-order valence-electron chi connectivity index (χ0n) is 11.1. The lowest BCUT2D eigenvalue weighted by molar-refractivity contribution is -0.385. The number of nitro benzene ring substituents is 1. The molecule has 2 aromatic carbocycles. The van der Waals surface area contributed by atoms with E-state index in [9.17, 15) is 25.1 Å². The molecule has 2 rings (SSSR count). The van der Waals surface area contributed by atoms with Gasteiger partial charge in [-0.3, -0.25) is 10.1 Å². The highest BCUT2D eigenvalue weighted by atomic mass is 32.2. The Morgan fingerprint density at radius 2 is 1.91 bits per heavy atom. The van der Waals surface area contributed by atoms with Gasteiger partial charge in [0.05, 0.1) is 22.0 Å². The summed E-state index contributed by atoms with van der Waals surface area (Å²) in [6.07, 6.45) is 0. The van der Waals surface area contributed by atoms with Crippen molar-refractivity contribution in [1.82, 2.24) is 0 Å². The number of rotatable bonds is 5. The summed E-state index contributed by atoms with van der Waals surface area (Å²) in [5, 5.41) is 38.9. The molecule has 7 nitrogen and oxygen atoms in total. The predicted octanol–water partition coefficient (Wildman–Crippen LogP) is 2.64. The van der Waals surface area contributed by atoms with Gasteiger partial charge in [-0.25, -0.2) is 4.79 Å². The number of carboxylic acid groups (broad SMARTS) is 1. The second kappa shape index (κ2) is 6.46. The lowest BCUT2D eigenvalue weighted by Crippen LogP contribution is -1.96. The number of carbonyl (C=O) groups is 1. The minimum absolute atomic E-state index is 0.0173. The number of benzene rings is 2. The number of aliphatic hydroxyl groups is 1. The maximum Gasteiger partial charge on any atom is 0.335 e. The van der Waals surface area contributed by atoms with E-state index >= 15 is 0 Å². The lowest BCUT2D eigenvalue weighted by atomic mass is 10.2. The molecule has 0 radical (unpaired) electrons. The topological polar surface area (TPSA) is 121 Å². The van der Waals surface area contributed by atoms with Gasteiger partial charge in [0.15, 0.2) is 0 Å². The Morgan fingerprint density at radius 1 is 1.18 bits per heavy atom.